The van der Waals surface area contributed by atoms with Crippen LogP contribution in [0.15, 0.2) is 36.4 Å². The summed E-state index contributed by atoms with van der Waals surface area (Å²) in [5.74, 6) is -0.590. The van der Waals surface area contributed by atoms with Gasteiger partial charge in [-0.05, 0) is 36.1 Å². The van der Waals surface area contributed by atoms with E-state index in [-0.39, 0.29) is 17.3 Å². The summed E-state index contributed by atoms with van der Waals surface area (Å²) in [5, 5.41) is 20.3. The molecule has 2 rings (SSSR count). The summed E-state index contributed by atoms with van der Waals surface area (Å²) in [7, 11) is 0. The van der Waals surface area contributed by atoms with Crippen LogP contribution in [0.5, 0.6) is 11.5 Å². The fourth-order valence-electron chi connectivity index (χ4n) is 3.02. The van der Waals surface area contributed by atoms with Gasteiger partial charge in [0.25, 0.3) is 0 Å². The predicted molar refractivity (Wildman–Crippen MR) is 96.8 cm³/mol. The van der Waals surface area contributed by atoms with Gasteiger partial charge in [-0.1, -0.05) is 52.0 Å². The fraction of sp³-hybridized carbons (Fsp3) is 0.381. The van der Waals surface area contributed by atoms with Crippen molar-refractivity contribution in [3.05, 3.63) is 58.7 Å². The summed E-state index contributed by atoms with van der Waals surface area (Å²) in [6.45, 7) is 7.71. The van der Waals surface area contributed by atoms with Crippen molar-refractivity contribution in [2.45, 2.75) is 52.4 Å². The molecule has 0 aromatic heterocycles. The normalized spacial score (nSPS) is 13.5. The standard InChI is InChI=1S/C21H26O3/c1-5-15-7-9-19(22)17(11-15)13(3)21(24)14(4)18-12-16(6-2)8-10-20(18)23/h7-14,22-23H,5-6H2,1-4H3. The number of aryl methyl sites for hydroxylation is 2. The molecular formula is C21H26O3. The van der Waals surface area contributed by atoms with Gasteiger partial charge in [0.15, 0.2) is 0 Å². The number of carbonyl (C=O) groups excluding carboxylic acids is 1. The highest BCUT2D eigenvalue weighted by molar-refractivity contribution is 5.92. The van der Waals surface area contributed by atoms with Crippen LogP contribution in [0.4, 0.5) is 0 Å². The largest absolute Gasteiger partial charge is 0.508 e. The molecule has 2 aromatic rings. The number of phenolic OH excluding ortho intramolecular Hbond substituents is 2. The molecule has 0 amide bonds. The third kappa shape index (κ3) is 3.61. The molecule has 128 valence electrons. The molecule has 0 fully saturated rings. The number of aromatic hydroxyl groups is 2. The number of benzene rings is 2. The molecule has 3 heteroatoms. The van der Waals surface area contributed by atoms with E-state index < -0.39 is 11.8 Å². The van der Waals surface area contributed by atoms with Gasteiger partial charge in [-0.3, -0.25) is 4.79 Å². The van der Waals surface area contributed by atoms with E-state index >= 15 is 0 Å². The van der Waals surface area contributed by atoms with Crippen molar-refractivity contribution in [3.63, 3.8) is 0 Å². The van der Waals surface area contributed by atoms with E-state index in [2.05, 4.69) is 0 Å². The van der Waals surface area contributed by atoms with E-state index in [1.54, 1.807) is 12.1 Å². The highest BCUT2D eigenvalue weighted by Crippen LogP contribution is 2.35. The summed E-state index contributed by atoms with van der Waals surface area (Å²) in [6, 6.07) is 10.8. The van der Waals surface area contributed by atoms with Gasteiger partial charge in [-0.2, -0.15) is 0 Å². The first kappa shape index (κ1) is 18.1. The van der Waals surface area contributed by atoms with Crippen molar-refractivity contribution in [1.29, 1.82) is 0 Å². The quantitative estimate of drug-likeness (QED) is 0.809. The summed E-state index contributed by atoms with van der Waals surface area (Å²) >= 11 is 0. The van der Waals surface area contributed by atoms with Crippen LogP contribution in [0.3, 0.4) is 0 Å². The molecule has 0 saturated carbocycles. The summed E-state index contributed by atoms with van der Waals surface area (Å²) in [6.07, 6.45) is 1.70. The molecule has 0 heterocycles. The molecular weight excluding hydrogens is 300 g/mol. The van der Waals surface area contributed by atoms with Crippen molar-refractivity contribution in [1.82, 2.24) is 0 Å². The molecule has 0 bridgehead atoms. The Morgan fingerprint density at radius 1 is 0.833 bits per heavy atom. The number of ketones is 1. The van der Waals surface area contributed by atoms with Gasteiger partial charge in [-0.25, -0.2) is 0 Å². The molecule has 0 radical (unpaired) electrons. The van der Waals surface area contributed by atoms with Crippen molar-refractivity contribution >= 4 is 5.78 Å². The minimum absolute atomic E-state index is 0.0119. The van der Waals surface area contributed by atoms with Gasteiger partial charge in [0.2, 0.25) is 0 Å². The Kier molecular flexibility index (Phi) is 5.66. The van der Waals surface area contributed by atoms with E-state index in [1.807, 2.05) is 52.0 Å². The highest BCUT2D eigenvalue weighted by Gasteiger charge is 2.26. The fourth-order valence-corrected chi connectivity index (χ4v) is 3.02. The van der Waals surface area contributed by atoms with E-state index in [9.17, 15) is 15.0 Å². The van der Waals surface area contributed by atoms with Gasteiger partial charge in [-0.15, -0.1) is 0 Å². The molecule has 0 spiro atoms. The lowest BCUT2D eigenvalue weighted by molar-refractivity contribution is -0.121. The topological polar surface area (TPSA) is 57.5 Å². The summed E-state index contributed by atoms with van der Waals surface area (Å²) in [5.41, 5.74) is 3.48. The van der Waals surface area contributed by atoms with Crippen LogP contribution in [0.1, 0.15) is 61.8 Å². The first-order chi connectivity index (χ1) is 11.4. The van der Waals surface area contributed by atoms with Crippen LogP contribution in [-0.2, 0) is 17.6 Å². The number of carbonyl (C=O) groups is 1. The van der Waals surface area contributed by atoms with Crippen molar-refractivity contribution < 1.29 is 15.0 Å². The zero-order valence-electron chi connectivity index (χ0n) is 14.8. The van der Waals surface area contributed by atoms with Crippen LogP contribution in [0.25, 0.3) is 0 Å². The van der Waals surface area contributed by atoms with Crippen LogP contribution < -0.4 is 0 Å². The zero-order valence-corrected chi connectivity index (χ0v) is 14.8. The maximum atomic E-state index is 12.9. The first-order valence-electron chi connectivity index (χ1n) is 8.56. The van der Waals surface area contributed by atoms with Gasteiger partial charge in [0.1, 0.15) is 17.3 Å². The average Bonchev–Trinajstić information content (AvgIpc) is 2.60. The van der Waals surface area contributed by atoms with E-state index in [4.69, 9.17) is 0 Å². The van der Waals surface area contributed by atoms with Crippen molar-refractivity contribution in [2.75, 3.05) is 0 Å². The van der Waals surface area contributed by atoms with Crippen LogP contribution in [0.2, 0.25) is 0 Å². The second-order valence-electron chi connectivity index (χ2n) is 6.34. The van der Waals surface area contributed by atoms with Crippen LogP contribution in [0, 0.1) is 0 Å². The lowest BCUT2D eigenvalue weighted by Gasteiger charge is -2.20. The second kappa shape index (κ2) is 7.52. The summed E-state index contributed by atoms with van der Waals surface area (Å²) in [4.78, 5) is 12.9. The molecule has 0 aliphatic heterocycles. The second-order valence-corrected chi connectivity index (χ2v) is 6.34. The SMILES string of the molecule is CCc1ccc(O)c(C(C)C(=O)C(C)c2cc(CC)ccc2O)c1. The van der Waals surface area contributed by atoms with Crippen LogP contribution in [-0.4, -0.2) is 16.0 Å². The minimum Gasteiger partial charge on any atom is -0.508 e. The Bertz CT molecular complexity index is 672. The van der Waals surface area contributed by atoms with Gasteiger partial charge in [0.05, 0.1) is 0 Å². The predicted octanol–water partition coefficient (Wildman–Crippen LogP) is 4.70. The summed E-state index contributed by atoms with van der Waals surface area (Å²) < 4.78 is 0. The lowest BCUT2D eigenvalue weighted by atomic mass is 9.84. The molecule has 2 atom stereocenters. The van der Waals surface area contributed by atoms with Gasteiger partial charge < -0.3 is 10.2 Å². The van der Waals surface area contributed by atoms with Crippen molar-refractivity contribution in [3.8, 4) is 11.5 Å². The number of phenols is 2. The smallest absolute Gasteiger partial charge is 0.147 e. The van der Waals surface area contributed by atoms with Crippen LogP contribution >= 0.6 is 0 Å². The molecule has 3 nitrogen and oxygen atoms in total. The molecule has 0 aliphatic rings. The van der Waals surface area contributed by atoms with Crippen molar-refractivity contribution in [2.24, 2.45) is 0 Å². The van der Waals surface area contributed by atoms with E-state index in [0.717, 1.165) is 24.0 Å². The average molecular weight is 326 g/mol. The maximum Gasteiger partial charge on any atom is 0.147 e. The third-order valence-corrected chi connectivity index (χ3v) is 4.79. The molecule has 2 aromatic carbocycles. The molecule has 2 N–H and O–H groups in total. The number of rotatable bonds is 6. The Morgan fingerprint density at radius 2 is 1.21 bits per heavy atom. The lowest BCUT2D eigenvalue weighted by Crippen LogP contribution is -2.17. The van der Waals surface area contributed by atoms with E-state index in [1.165, 1.54) is 0 Å². The van der Waals surface area contributed by atoms with Gasteiger partial charge >= 0.3 is 0 Å². The number of hydrogen-bond acceptors (Lipinski definition) is 3. The minimum atomic E-state index is -0.434. The Hall–Kier alpha value is -2.29. The molecule has 2 unspecified atom stereocenters. The molecule has 24 heavy (non-hydrogen) atoms. The third-order valence-electron chi connectivity index (χ3n) is 4.79. The van der Waals surface area contributed by atoms with Gasteiger partial charge in [0, 0.05) is 23.0 Å². The monoisotopic (exact) mass is 326 g/mol. The van der Waals surface area contributed by atoms with E-state index in [0.29, 0.717) is 11.1 Å². The Balaban J connectivity index is 2.34. The first-order valence-corrected chi connectivity index (χ1v) is 8.56. The Morgan fingerprint density at radius 3 is 1.54 bits per heavy atom. The number of hydrogen-bond donors (Lipinski definition) is 2. The number of Topliss-reactive ketones (excluding diaryl/α,β-unsaturated/α-hetero) is 1. The molecule has 0 saturated heterocycles. The molecule has 0 aliphatic carbocycles. The maximum absolute atomic E-state index is 12.9. The Labute approximate surface area is 144 Å². The highest BCUT2D eigenvalue weighted by atomic mass is 16.3. The zero-order chi connectivity index (χ0) is 17.9.